The van der Waals surface area contributed by atoms with E-state index < -0.39 is 0 Å². The van der Waals surface area contributed by atoms with Crippen LogP contribution in [-0.2, 0) is 4.74 Å². The van der Waals surface area contributed by atoms with Gasteiger partial charge in [-0.15, -0.1) is 0 Å². The molecule has 3 N–H and O–H groups in total. The van der Waals surface area contributed by atoms with E-state index in [-0.39, 0.29) is 6.23 Å². The summed E-state index contributed by atoms with van der Waals surface area (Å²) in [5.41, 5.74) is 2.47. The lowest BCUT2D eigenvalue weighted by Gasteiger charge is -1.79. The second-order valence-electron chi connectivity index (χ2n) is 1.43. The van der Waals surface area contributed by atoms with Crippen molar-refractivity contribution in [2.24, 2.45) is 5.84 Å². The van der Waals surface area contributed by atoms with Gasteiger partial charge in [-0.3, -0.25) is 5.84 Å². The van der Waals surface area contributed by atoms with Gasteiger partial charge in [0.05, 0.1) is 6.10 Å². The van der Waals surface area contributed by atoms with E-state index in [0.29, 0.717) is 6.10 Å². The minimum Gasteiger partial charge on any atom is -0.352 e. The molecule has 0 spiro atoms. The van der Waals surface area contributed by atoms with Crippen LogP contribution in [0, 0.1) is 0 Å². The number of nitrogens with one attached hydrogen (secondary N) is 1. The van der Waals surface area contributed by atoms with Crippen molar-refractivity contribution in [2.45, 2.75) is 19.3 Å². The van der Waals surface area contributed by atoms with Gasteiger partial charge in [0, 0.05) is 0 Å². The molecule has 1 saturated heterocycles. The lowest BCUT2D eigenvalue weighted by Crippen LogP contribution is -2.26. The summed E-state index contributed by atoms with van der Waals surface area (Å²) in [6.45, 7) is 1.96. The Morgan fingerprint density at radius 1 is 1.83 bits per heavy atom. The molecule has 1 aliphatic heterocycles. The Morgan fingerprint density at radius 2 is 2.33 bits per heavy atom. The zero-order valence-corrected chi connectivity index (χ0v) is 3.64. The first-order valence-electron chi connectivity index (χ1n) is 1.96. The van der Waals surface area contributed by atoms with Crippen LogP contribution in [0.25, 0.3) is 0 Å². The number of epoxide rings is 1. The predicted octanol–water partition coefficient (Wildman–Crippen LogP) is -0.806. The second-order valence-corrected chi connectivity index (χ2v) is 1.43. The molecule has 2 unspecified atom stereocenters. The molecular weight excluding hydrogens is 80.0 g/mol. The fraction of sp³-hybridized carbons (Fsp3) is 1.00. The van der Waals surface area contributed by atoms with E-state index in [0.717, 1.165) is 0 Å². The third kappa shape index (κ3) is 0.518. The van der Waals surface area contributed by atoms with Gasteiger partial charge in [0.1, 0.15) is 6.23 Å². The second kappa shape index (κ2) is 1.18. The summed E-state index contributed by atoms with van der Waals surface area (Å²) in [5, 5.41) is 0. The maximum absolute atomic E-state index is 4.95. The van der Waals surface area contributed by atoms with Gasteiger partial charge in [0.2, 0.25) is 0 Å². The molecule has 0 saturated carbocycles. The van der Waals surface area contributed by atoms with Crippen LogP contribution < -0.4 is 11.3 Å². The highest BCUT2D eigenvalue weighted by atomic mass is 16.6. The molecule has 1 aliphatic rings. The van der Waals surface area contributed by atoms with Crippen molar-refractivity contribution < 1.29 is 4.74 Å². The van der Waals surface area contributed by atoms with Gasteiger partial charge in [-0.05, 0) is 6.92 Å². The van der Waals surface area contributed by atoms with Gasteiger partial charge in [0.25, 0.3) is 0 Å². The van der Waals surface area contributed by atoms with E-state index in [2.05, 4.69) is 5.43 Å². The molecule has 3 nitrogen and oxygen atoms in total. The number of nitrogens with two attached hydrogens (primary N) is 1. The van der Waals surface area contributed by atoms with Gasteiger partial charge >= 0.3 is 0 Å². The molecule has 2 atom stereocenters. The average Bonchev–Trinajstić information content (AvgIpc) is 2.19. The van der Waals surface area contributed by atoms with E-state index in [1.165, 1.54) is 0 Å². The highest BCUT2D eigenvalue weighted by Gasteiger charge is 2.32. The SMILES string of the molecule is CC1OC1NN. The predicted molar refractivity (Wildman–Crippen MR) is 21.7 cm³/mol. The van der Waals surface area contributed by atoms with Crippen LogP contribution in [0.3, 0.4) is 0 Å². The van der Waals surface area contributed by atoms with E-state index in [4.69, 9.17) is 10.6 Å². The average molecular weight is 88.1 g/mol. The monoisotopic (exact) mass is 88.1 g/mol. The third-order valence-electron chi connectivity index (χ3n) is 0.875. The van der Waals surface area contributed by atoms with Crippen molar-refractivity contribution >= 4 is 0 Å². The normalized spacial score (nSPS) is 43.0. The summed E-state index contributed by atoms with van der Waals surface area (Å²) < 4.78 is 4.83. The van der Waals surface area contributed by atoms with Crippen molar-refractivity contribution in [1.82, 2.24) is 5.43 Å². The molecule has 1 rings (SSSR count). The topological polar surface area (TPSA) is 50.6 Å². The first-order valence-corrected chi connectivity index (χ1v) is 1.96. The summed E-state index contributed by atoms with van der Waals surface area (Å²) >= 11 is 0. The number of hydrazine groups is 1. The first-order chi connectivity index (χ1) is 2.84. The Labute approximate surface area is 36.4 Å². The Hall–Kier alpha value is -0.120. The molecule has 1 fully saturated rings. The number of rotatable bonds is 1. The van der Waals surface area contributed by atoms with Crippen molar-refractivity contribution in [3.8, 4) is 0 Å². The van der Waals surface area contributed by atoms with E-state index >= 15 is 0 Å². The summed E-state index contributed by atoms with van der Waals surface area (Å²) in [6, 6.07) is 0. The third-order valence-corrected chi connectivity index (χ3v) is 0.875. The van der Waals surface area contributed by atoms with Crippen LogP contribution in [0.15, 0.2) is 0 Å². The van der Waals surface area contributed by atoms with Crippen molar-refractivity contribution in [2.75, 3.05) is 0 Å². The highest BCUT2D eigenvalue weighted by molar-refractivity contribution is 4.74. The van der Waals surface area contributed by atoms with E-state index in [9.17, 15) is 0 Å². The number of hydrogen-bond acceptors (Lipinski definition) is 3. The maximum atomic E-state index is 4.95. The molecule has 0 bridgehead atoms. The van der Waals surface area contributed by atoms with Crippen molar-refractivity contribution in [3.05, 3.63) is 0 Å². The van der Waals surface area contributed by atoms with Crippen LogP contribution in [0.5, 0.6) is 0 Å². The zero-order chi connectivity index (χ0) is 4.57. The lowest BCUT2D eigenvalue weighted by atomic mass is 10.5. The smallest absolute Gasteiger partial charge is 0.146 e. The fourth-order valence-electron chi connectivity index (χ4n) is 0.361. The molecular formula is C3H8N2O. The van der Waals surface area contributed by atoms with Gasteiger partial charge in [-0.2, -0.15) is 0 Å². The summed E-state index contributed by atoms with van der Waals surface area (Å²) in [7, 11) is 0. The summed E-state index contributed by atoms with van der Waals surface area (Å²) in [5.74, 6) is 4.95. The summed E-state index contributed by atoms with van der Waals surface area (Å²) in [6.07, 6.45) is 0.458. The van der Waals surface area contributed by atoms with Crippen molar-refractivity contribution in [3.63, 3.8) is 0 Å². The standard InChI is InChI=1S/C3H8N2O/c1-2-3(5-4)6-2/h2-3,5H,4H2,1H3. The fourth-order valence-corrected chi connectivity index (χ4v) is 0.361. The van der Waals surface area contributed by atoms with Crippen LogP contribution in [-0.4, -0.2) is 12.3 Å². The molecule has 0 radical (unpaired) electrons. The summed E-state index contributed by atoms with van der Waals surface area (Å²) in [4.78, 5) is 0. The van der Waals surface area contributed by atoms with Crippen LogP contribution >= 0.6 is 0 Å². The maximum Gasteiger partial charge on any atom is 0.146 e. The molecule has 0 aromatic carbocycles. The zero-order valence-electron chi connectivity index (χ0n) is 3.64. The van der Waals surface area contributed by atoms with E-state index in [1.54, 1.807) is 0 Å². The Kier molecular flexibility index (Phi) is 0.799. The molecule has 0 aromatic heterocycles. The van der Waals surface area contributed by atoms with Crippen LogP contribution in [0.4, 0.5) is 0 Å². The van der Waals surface area contributed by atoms with Crippen LogP contribution in [0.2, 0.25) is 0 Å². The van der Waals surface area contributed by atoms with E-state index in [1.807, 2.05) is 6.92 Å². The van der Waals surface area contributed by atoms with Gasteiger partial charge in [-0.1, -0.05) is 0 Å². The van der Waals surface area contributed by atoms with Gasteiger partial charge < -0.3 is 4.74 Å². The first kappa shape index (κ1) is 4.05. The molecule has 6 heavy (non-hydrogen) atoms. The minimum atomic E-state index is 0.130. The van der Waals surface area contributed by atoms with Crippen LogP contribution in [0.1, 0.15) is 6.92 Å². The molecule has 36 valence electrons. The van der Waals surface area contributed by atoms with Crippen molar-refractivity contribution in [1.29, 1.82) is 0 Å². The quantitative estimate of drug-likeness (QED) is 0.250. The highest BCUT2D eigenvalue weighted by Crippen LogP contribution is 2.15. The van der Waals surface area contributed by atoms with Gasteiger partial charge in [-0.25, -0.2) is 5.43 Å². The Bertz CT molecular complexity index is 54.8. The molecule has 0 amide bonds. The molecule has 3 heteroatoms. The largest absolute Gasteiger partial charge is 0.352 e. The minimum absolute atomic E-state index is 0.130. The number of hydrogen-bond donors (Lipinski definition) is 2. The Balaban J connectivity index is 2.09. The molecule has 0 aromatic rings. The van der Waals surface area contributed by atoms with Gasteiger partial charge in [0.15, 0.2) is 0 Å². The Morgan fingerprint density at radius 3 is 2.33 bits per heavy atom. The molecule has 1 heterocycles. The lowest BCUT2D eigenvalue weighted by molar-refractivity contribution is 0.353. The number of ether oxygens (including phenoxy) is 1. The molecule has 0 aliphatic carbocycles.